The first-order valence-corrected chi connectivity index (χ1v) is 9.16. The summed E-state index contributed by atoms with van der Waals surface area (Å²) < 4.78 is 46.0. The summed E-state index contributed by atoms with van der Waals surface area (Å²) in [5, 5.41) is 3.26. The third kappa shape index (κ3) is 4.16. The van der Waals surface area contributed by atoms with Crippen LogP contribution in [0.25, 0.3) is 5.57 Å². The van der Waals surface area contributed by atoms with E-state index < -0.39 is 11.7 Å². The molecule has 1 fully saturated rings. The molecule has 1 aromatic heterocycles. The van der Waals surface area contributed by atoms with E-state index in [0.717, 1.165) is 25.2 Å². The van der Waals surface area contributed by atoms with Gasteiger partial charge in [-0.25, -0.2) is 18.2 Å². The van der Waals surface area contributed by atoms with Crippen LogP contribution in [-0.4, -0.2) is 24.0 Å². The smallest absolute Gasteiger partial charge is 0.249 e. The van der Waals surface area contributed by atoms with Crippen LogP contribution in [0, 0.1) is 5.82 Å². The number of hydrogen-bond acceptors (Lipinski definition) is 3. The molecule has 2 aliphatic rings. The van der Waals surface area contributed by atoms with Gasteiger partial charge in [-0.05, 0) is 42.2 Å². The highest BCUT2D eigenvalue weighted by atomic mass is 19.3. The van der Waals surface area contributed by atoms with Crippen LogP contribution in [0.1, 0.15) is 42.0 Å². The predicted octanol–water partition coefficient (Wildman–Crippen LogP) is 4.69. The molecule has 2 aromatic rings. The lowest BCUT2D eigenvalue weighted by Crippen LogP contribution is -2.33. The summed E-state index contributed by atoms with van der Waals surface area (Å²) in [7, 11) is 0. The minimum absolute atomic E-state index is 0.0456. The van der Waals surface area contributed by atoms with Crippen molar-refractivity contribution in [1.82, 2.24) is 10.3 Å². The molecule has 1 aliphatic carbocycles. The molecule has 6 heteroatoms. The van der Waals surface area contributed by atoms with Gasteiger partial charge in [-0.1, -0.05) is 24.3 Å². The number of pyridine rings is 1. The molecular formula is C21H21F3N2O. The Labute approximate surface area is 156 Å². The fourth-order valence-corrected chi connectivity index (χ4v) is 3.51. The normalized spacial score (nSPS) is 19.3. The monoisotopic (exact) mass is 374 g/mol. The number of benzene rings is 1. The van der Waals surface area contributed by atoms with Crippen LogP contribution in [0.2, 0.25) is 0 Å². The minimum atomic E-state index is -2.61. The number of halogens is 3. The van der Waals surface area contributed by atoms with Gasteiger partial charge < -0.3 is 10.1 Å². The van der Waals surface area contributed by atoms with E-state index in [1.54, 1.807) is 18.2 Å². The number of nitrogens with one attached hydrogen (secondary N) is 1. The quantitative estimate of drug-likeness (QED) is 0.825. The standard InChI is InChI=1S/C21H21F3N2O/c22-18-10-15(17-11-21(23,24)12-17)4-5-16(18)13-27-20-3-1-2-19(26-20)14-6-8-25-9-7-14/h1-6,10,17,25H,7-9,11-13H2. The Morgan fingerprint density at radius 2 is 2.04 bits per heavy atom. The lowest BCUT2D eigenvalue weighted by atomic mass is 9.76. The van der Waals surface area contributed by atoms with E-state index in [-0.39, 0.29) is 25.4 Å². The SMILES string of the molecule is Fc1cc(C2CC(F)(F)C2)ccc1COc1cccc(C2=CCNCC2)n1. The zero-order chi connectivity index (χ0) is 18.9. The molecule has 1 N–H and O–H groups in total. The predicted molar refractivity (Wildman–Crippen MR) is 97.4 cm³/mol. The van der Waals surface area contributed by atoms with Crippen molar-refractivity contribution in [3.05, 3.63) is 65.1 Å². The zero-order valence-corrected chi connectivity index (χ0v) is 14.9. The van der Waals surface area contributed by atoms with Crippen LogP contribution in [-0.2, 0) is 6.61 Å². The average molecular weight is 374 g/mol. The van der Waals surface area contributed by atoms with E-state index in [0.29, 0.717) is 17.0 Å². The molecule has 0 radical (unpaired) electrons. The lowest BCUT2D eigenvalue weighted by Gasteiger charge is -2.35. The summed E-state index contributed by atoms with van der Waals surface area (Å²) in [5.74, 6) is -2.86. The maximum absolute atomic E-state index is 14.3. The van der Waals surface area contributed by atoms with Crippen LogP contribution < -0.4 is 10.1 Å². The van der Waals surface area contributed by atoms with Gasteiger partial charge in [0.05, 0.1) is 5.69 Å². The highest BCUT2D eigenvalue weighted by molar-refractivity contribution is 5.63. The van der Waals surface area contributed by atoms with Gasteiger partial charge in [0.15, 0.2) is 0 Å². The molecule has 142 valence electrons. The van der Waals surface area contributed by atoms with Gasteiger partial charge in [0.1, 0.15) is 12.4 Å². The van der Waals surface area contributed by atoms with Crippen molar-refractivity contribution >= 4 is 5.57 Å². The van der Waals surface area contributed by atoms with Crippen molar-refractivity contribution in [2.75, 3.05) is 13.1 Å². The number of aromatic nitrogens is 1. The Kier molecular flexibility index (Phi) is 4.91. The van der Waals surface area contributed by atoms with Crippen molar-refractivity contribution in [3.63, 3.8) is 0 Å². The molecule has 1 aromatic carbocycles. The van der Waals surface area contributed by atoms with Crippen LogP contribution in [0.4, 0.5) is 13.2 Å². The second-order valence-electron chi connectivity index (χ2n) is 7.15. The van der Waals surface area contributed by atoms with E-state index >= 15 is 0 Å². The number of nitrogens with zero attached hydrogens (tertiary/aromatic N) is 1. The lowest BCUT2D eigenvalue weighted by molar-refractivity contribution is -0.0868. The molecule has 4 rings (SSSR count). The summed E-state index contributed by atoms with van der Waals surface area (Å²) >= 11 is 0. The summed E-state index contributed by atoms with van der Waals surface area (Å²) in [5.41, 5.74) is 3.06. The summed E-state index contributed by atoms with van der Waals surface area (Å²) in [6, 6.07) is 10.2. The highest BCUT2D eigenvalue weighted by Gasteiger charge is 2.45. The van der Waals surface area contributed by atoms with Crippen LogP contribution in [0.3, 0.4) is 0 Å². The molecule has 0 amide bonds. The fourth-order valence-electron chi connectivity index (χ4n) is 3.51. The molecule has 0 bridgehead atoms. The van der Waals surface area contributed by atoms with Gasteiger partial charge in [-0.3, -0.25) is 0 Å². The van der Waals surface area contributed by atoms with E-state index in [2.05, 4.69) is 16.4 Å². The molecule has 2 heterocycles. The average Bonchev–Trinajstić information content (AvgIpc) is 2.66. The number of hydrogen-bond donors (Lipinski definition) is 1. The van der Waals surface area contributed by atoms with Crippen molar-refractivity contribution in [2.24, 2.45) is 0 Å². The Balaban J connectivity index is 1.41. The Morgan fingerprint density at radius 3 is 2.74 bits per heavy atom. The van der Waals surface area contributed by atoms with E-state index in [4.69, 9.17) is 4.74 Å². The maximum Gasteiger partial charge on any atom is 0.249 e. The van der Waals surface area contributed by atoms with E-state index in [9.17, 15) is 13.2 Å². The Bertz CT molecular complexity index is 858. The second kappa shape index (κ2) is 7.35. The third-order valence-electron chi connectivity index (χ3n) is 5.13. The van der Waals surface area contributed by atoms with Crippen LogP contribution >= 0.6 is 0 Å². The molecule has 0 unspecified atom stereocenters. The number of rotatable bonds is 5. The maximum atomic E-state index is 14.3. The zero-order valence-electron chi connectivity index (χ0n) is 14.9. The van der Waals surface area contributed by atoms with E-state index in [1.807, 2.05) is 12.1 Å². The molecule has 27 heavy (non-hydrogen) atoms. The fraction of sp³-hybridized carbons (Fsp3) is 0.381. The van der Waals surface area contributed by atoms with Crippen molar-refractivity contribution < 1.29 is 17.9 Å². The van der Waals surface area contributed by atoms with Gasteiger partial charge in [-0.15, -0.1) is 0 Å². The topological polar surface area (TPSA) is 34.1 Å². The first-order valence-electron chi connectivity index (χ1n) is 9.16. The minimum Gasteiger partial charge on any atom is -0.473 e. The molecule has 1 saturated carbocycles. The summed E-state index contributed by atoms with van der Waals surface area (Å²) in [6.45, 7) is 1.79. The van der Waals surface area contributed by atoms with Crippen molar-refractivity contribution in [2.45, 2.75) is 37.7 Å². The van der Waals surface area contributed by atoms with Crippen molar-refractivity contribution in [3.8, 4) is 5.88 Å². The molecule has 0 spiro atoms. The molecule has 3 nitrogen and oxygen atoms in total. The Hall–Kier alpha value is -2.34. The van der Waals surface area contributed by atoms with Gasteiger partial charge in [0.25, 0.3) is 0 Å². The number of alkyl halides is 2. The van der Waals surface area contributed by atoms with Gasteiger partial charge in [0.2, 0.25) is 11.8 Å². The second-order valence-corrected chi connectivity index (χ2v) is 7.15. The molecule has 0 atom stereocenters. The third-order valence-corrected chi connectivity index (χ3v) is 5.13. The van der Waals surface area contributed by atoms with Gasteiger partial charge in [-0.2, -0.15) is 0 Å². The van der Waals surface area contributed by atoms with Crippen LogP contribution in [0.15, 0.2) is 42.5 Å². The first kappa shape index (κ1) is 18.0. The molecule has 1 aliphatic heterocycles. The summed E-state index contributed by atoms with van der Waals surface area (Å²) in [4.78, 5) is 4.50. The highest BCUT2D eigenvalue weighted by Crippen LogP contribution is 2.48. The molecular weight excluding hydrogens is 353 g/mol. The van der Waals surface area contributed by atoms with Crippen molar-refractivity contribution in [1.29, 1.82) is 0 Å². The van der Waals surface area contributed by atoms with Gasteiger partial charge in [0, 0.05) is 31.0 Å². The molecule has 0 saturated heterocycles. The summed E-state index contributed by atoms with van der Waals surface area (Å²) in [6.07, 6.45) is 2.61. The largest absolute Gasteiger partial charge is 0.473 e. The van der Waals surface area contributed by atoms with E-state index in [1.165, 1.54) is 11.6 Å². The van der Waals surface area contributed by atoms with Crippen LogP contribution in [0.5, 0.6) is 5.88 Å². The van der Waals surface area contributed by atoms with Gasteiger partial charge >= 0.3 is 0 Å². The Morgan fingerprint density at radius 1 is 1.19 bits per heavy atom. The number of ether oxygens (including phenoxy) is 1. The first-order chi connectivity index (χ1) is 13.0.